The Labute approximate surface area is 81.1 Å². The maximum Gasteiger partial charge on any atom is 0.380 e. The maximum absolute atomic E-state index is 10.6. The molecular weight excluding hydrogens is 210 g/mol. The van der Waals surface area contributed by atoms with Crippen molar-refractivity contribution in [1.29, 1.82) is 0 Å². The van der Waals surface area contributed by atoms with Gasteiger partial charge in [-0.3, -0.25) is 0 Å². The number of rotatable bonds is 3. The SMILES string of the molecule is COc1cccc(OS(N)(=O)=O)c1O. The van der Waals surface area contributed by atoms with Crippen molar-refractivity contribution < 1.29 is 22.4 Å². The summed E-state index contributed by atoms with van der Waals surface area (Å²) < 4.78 is 30.1. The predicted octanol–water partition coefficient (Wildman–Crippen LogP) is -0.0169. The molecule has 0 aliphatic rings. The summed E-state index contributed by atoms with van der Waals surface area (Å²) in [6.07, 6.45) is 0. The standard InChI is InChI=1S/C7H9NO5S/c1-12-5-3-2-4-6(7(5)9)13-14(8,10)11/h2-4,9H,1H3,(H2,8,10,11). The van der Waals surface area contributed by atoms with Crippen LogP contribution in [-0.2, 0) is 10.3 Å². The van der Waals surface area contributed by atoms with Gasteiger partial charge in [-0.15, -0.1) is 0 Å². The van der Waals surface area contributed by atoms with Crippen LogP contribution in [0.5, 0.6) is 17.2 Å². The number of aromatic hydroxyl groups is 1. The summed E-state index contributed by atoms with van der Waals surface area (Å²) in [6, 6.07) is 4.16. The number of benzene rings is 1. The molecular formula is C7H9NO5S. The largest absolute Gasteiger partial charge is 0.502 e. The van der Waals surface area contributed by atoms with E-state index in [1.165, 1.54) is 25.3 Å². The van der Waals surface area contributed by atoms with E-state index in [1.54, 1.807) is 0 Å². The Kier molecular flexibility index (Phi) is 2.82. The van der Waals surface area contributed by atoms with E-state index in [2.05, 4.69) is 9.32 Å². The molecule has 0 heterocycles. The Morgan fingerprint density at radius 3 is 2.43 bits per heavy atom. The third-order valence-corrected chi connectivity index (χ3v) is 1.80. The van der Waals surface area contributed by atoms with Gasteiger partial charge in [-0.25, -0.2) is 0 Å². The summed E-state index contributed by atoms with van der Waals surface area (Å²) in [5.41, 5.74) is 0. The maximum atomic E-state index is 10.6. The zero-order valence-electron chi connectivity index (χ0n) is 7.30. The van der Waals surface area contributed by atoms with Gasteiger partial charge in [0.1, 0.15) is 0 Å². The first-order valence-electron chi connectivity index (χ1n) is 3.52. The van der Waals surface area contributed by atoms with Crippen molar-refractivity contribution in [2.45, 2.75) is 0 Å². The monoisotopic (exact) mass is 219 g/mol. The molecule has 0 unspecified atom stereocenters. The highest BCUT2D eigenvalue weighted by Gasteiger charge is 2.13. The minimum absolute atomic E-state index is 0.103. The summed E-state index contributed by atoms with van der Waals surface area (Å²) in [4.78, 5) is 0. The molecule has 1 aromatic carbocycles. The van der Waals surface area contributed by atoms with E-state index in [-0.39, 0.29) is 11.5 Å². The lowest BCUT2D eigenvalue weighted by Gasteiger charge is -2.07. The van der Waals surface area contributed by atoms with E-state index in [0.717, 1.165) is 0 Å². The summed E-state index contributed by atoms with van der Waals surface area (Å²) in [5.74, 6) is -0.581. The van der Waals surface area contributed by atoms with Crippen LogP contribution in [0.2, 0.25) is 0 Å². The zero-order chi connectivity index (χ0) is 10.8. The smallest absolute Gasteiger partial charge is 0.380 e. The fourth-order valence-corrected chi connectivity index (χ4v) is 1.24. The lowest BCUT2D eigenvalue weighted by Crippen LogP contribution is -2.19. The highest BCUT2D eigenvalue weighted by molar-refractivity contribution is 7.84. The van der Waals surface area contributed by atoms with Crippen molar-refractivity contribution in [3.63, 3.8) is 0 Å². The van der Waals surface area contributed by atoms with Crippen LogP contribution in [0.15, 0.2) is 18.2 Å². The Bertz CT molecular complexity index is 428. The highest BCUT2D eigenvalue weighted by Crippen LogP contribution is 2.35. The molecule has 7 heteroatoms. The van der Waals surface area contributed by atoms with Crippen LogP contribution in [0.1, 0.15) is 0 Å². The molecule has 0 amide bonds. The molecule has 0 bridgehead atoms. The van der Waals surface area contributed by atoms with Crippen LogP contribution < -0.4 is 14.1 Å². The fraction of sp³-hybridized carbons (Fsp3) is 0.143. The summed E-state index contributed by atoms with van der Waals surface area (Å²) in [5, 5.41) is 14.0. The fourth-order valence-electron chi connectivity index (χ4n) is 0.859. The minimum atomic E-state index is -4.14. The molecule has 0 aromatic heterocycles. The van der Waals surface area contributed by atoms with Gasteiger partial charge in [0.2, 0.25) is 5.75 Å². The molecule has 78 valence electrons. The van der Waals surface area contributed by atoms with E-state index in [1.807, 2.05) is 0 Å². The third-order valence-electron chi connectivity index (χ3n) is 1.39. The van der Waals surface area contributed by atoms with Crippen LogP contribution in [0.4, 0.5) is 0 Å². The van der Waals surface area contributed by atoms with Gasteiger partial charge in [-0.05, 0) is 12.1 Å². The molecule has 0 fully saturated rings. The van der Waals surface area contributed by atoms with Crippen molar-refractivity contribution >= 4 is 10.3 Å². The van der Waals surface area contributed by atoms with E-state index in [4.69, 9.17) is 4.74 Å². The van der Waals surface area contributed by atoms with Gasteiger partial charge in [0, 0.05) is 0 Å². The van der Waals surface area contributed by atoms with Gasteiger partial charge in [-0.1, -0.05) is 6.07 Å². The lowest BCUT2D eigenvalue weighted by molar-refractivity contribution is 0.361. The van der Waals surface area contributed by atoms with Crippen molar-refractivity contribution in [3.8, 4) is 17.2 Å². The molecule has 0 radical (unpaired) electrons. The van der Waals surface area contributed by atoms with Gasteiger partial charge < -0.3 is 14.0 Å². The van der Waals surface area contributed by atoms with E-state index < -0.39 is 16.1 Å². The summed E-state index contributed by atoms with van der Waals surface area (Å²) in [6.45, 7) is 0. The molecule has 1 aromatic rings. The second-order valence-electron chi connectivity index (χ2n) is 2.38. The van der Waals surface area contributed by atoms with E-state index >= 15 is 0 Å². The molecule has 0 saturated carbocycles. The van der Waals surface area contributed by atoms with Crippen LogP contribution in [0.3, 0.4) is 0 Å². The topological polar surface area (TPSA) is 98.9 Å². The number of ether oxygens (including phenoxy) is 1. The summed E-state index contributed by atoms with van der Waals surface area (Å²) >= 11 is 0. The van der Waals surface area contributed by atoms with Crippen molar-refractivity contribution in [2.75, 3.05) is 7.11 Å². The highest BCUT2D eigenvalue weighted by atomic mass is 32.2. The Balaban J connectivity index is 3.10. The van der Waals surface area contributed by atoms with E-state index in [9.17, 15) is 13.5 Å². The molecule has 0 aliphatic carbocycles. The number of phenolic OH excluding ortho intramolecular Hbond substituents is 1. The van der Waals surface area contributed by atoms with Crippen molar-refractivity contribution in [2.24, 2.45) is 5.14 Å². The molecule has 0 aliphatic heterocycles. The van der Waals surface area contributed by atoms with Gasteiger partial charge in [0.25, 0.3) is 0 Å². The van der Waals surface area contributed by atoms with E-state index in [0.29, 0.717) is 0 Å². The number of para-hydroxylation sites is 1. The summed E-state index contributed by atoms with van der Waals surface area (Å²) in [7, 11) is -2.81. The average molecular weight is 219 g/mol. The third kappa shape index (κ3) is 2.51. The normalized spacial score (nSPS) is 11.0. The number of hydrogen-bond donors (Lipinski definition) is 2. The molecule has 1 rings (SSSR count). The molecule has 3 N–H and O–H groups in total. The molecule has 14 heavy (non-hydrogen) atoms. The zero-order valence-corrected chi connectivity index (χ0v) is 8.11. The van der Waals surface area contributed by atoms with Crippen LogP contribution in [0.25, 0.3) is 0 Å². The number of methoxy groups -OCH3 is 1. The average Bonchev–Trinajstić information content (AvgIpc) is 2.06. The minimum Gasteiger partial charge on any atom is -0.502 e. The number of hydrogen-bond acceptors (Lipinski definition) is 5. The number of nitrogens with two attached hydrogens (primary N) is 1. The van der Waals surface area contributed by atoms with Crippen LogP contribution in [0, 0.1) is 0 Å². The second kappa shape index (κ2) is 3.72. The molecule has 0 atom stereocenters. The molecule has 6 nitrogen and oxygen atoms in total. The first-order chi connectivity index (χ1) is 6.44. The van der Waals surface area contributed by atoms with Gasteiger partial charge in [0.05, 0.1) is 7.11 Å². The quantitative estimate of drug-likeness (QED) is 0.744. The van der Waals surface area contributed by atoms with Gasteiger partial charge in [-0.2, -0.15) is 13.6 Å². The van der Waals surface area contributed by atoms with Crippen LogP contribution in [-0.4, -0.2) is 20.6 Å². The van der Waals surface area contributed by atoms with Crippen LogP contribution >= 0.6 is 0 Å². The second-order valence-corrected chi connectivity index (χ2v) is 3.54. The lowest BCUT2D eigenvalue weighted by atomic mass is 10.3. The number of phenols is 1. The van der Waals surface area contributed by atoms with Gasteiger partial charge >= 0.3 is 10.3 Å². The molecule has 0 saturated heterocycles. The predicted molar refractivity (Wildman–Crippen MR) is 48.4 cm³/mol. The van der Waals surface area contributed by atoms with Crippen molar-refractivity contribution in [3.05, 3.63) is 18.2 Å². The Morgan fingerprint density at radius 1 is 1.36 bits per heavy atom. The van der Waals surface area contributed by atoms with Gasteiger partial charge in [0.15, 0.2) is 11.5 Å². The first kappa shape index (κ1) is 10.6. The Morgan fingerprint density at radius 2 is 1.93 bits per heavy atom. The molecule has 0 spiro atoms. The van der Waals surface area contributed by atoms with Crippen molar-refractivity contribution in [1.82, 2.24) is 0 Å². The Hall–Kier alpha value is -1.47. The first-order valence-corrected chi connectivity index (χ1v) is 4.99.